The van der Waals surface area contributed by atoms with E-state index in [0.717, 1.165) is 19.5 Å². The fourth-order valence-electron chi connectivity index (χ4n) is 1.95. The number of carbonyl (C=O) groups is 1. The van der Waals surface area contributed by atoms with Crippen molar-refractivity contribution in [1.82, 2.24) is 4.90 Å². The smallest absolute Gasteiger partial charge is 0.326 e. The maximum absolute atomic E-state index is 11.2. The van der Waals surface area contributed by atoms with E-state index in [1.807, 2.05) is 4.90 Å². The van der Waals surface area contributed by atoms with Gasteiger partial charge < -0.3 is 9.84 Å². The van der Waals surface area contributed by atoms with Gasteiger partial charge in [-0.25, -0.2) is 0 Å². The van der Waals surface area contributed by atoms with Gasteiger partial charge in [0, 0.05) is 13.7 Å². The van der Waals surface area contributed by atoms with Crippen LogP contribution in [0.3, 0.4) is 0 Å². The van der Waals surface area contributed by atoms with Crippen LogP contribution in [0.4, 0.5) is 0 Å². The number of aliphatic carboxylic acids is 1. The largest absolute Gasteiger partial charge is 0.480 e. The van der Waals surface area contributed by atoms with E-state index in [9.17, 15) is 9.90 Å². The van der Waals surface area contributed by atoms with Gasteiger partial charge in [-0.2, -0.15) is 0 Å². The number of nitrogens with zero attached hydrogens (tertiary/aromatic N) is 1. The molecule has 1 aliphatic heterocycles. The van der Waals surface area contributed by atoms with Crippen LogP contribution >= 0.6 is 0 Å². The lowest BCUT2D eigenvalue weighted by Gasteiger charge is -2.34. The number of likely N-dealkylation sites (tertiary alicyclic amines) is 1. The number of rotatable bonds is 4. The Hall–Kier alpha value is -0.610. The second kappa shape index (κ2) is 4.28. The highest BCUT2D eigenvalue weighted by molar-refractivity contribution is 5.78. The Morgan fingerprint density at radius 1 is 1.71 bits per heavy atom. The molecule has 0 aliphatic carbocycles. The third-order valence-corrected chi connectivity index (χ3v) is 3.01. The van der Waals surface area contributed by atoms with Crippen LogP contribution in [0.25, 0.3) is 0 Å². The summed E-state index contributed by atoms with van der Waals surface area (Å²) in [5.74, 6) is -0.209. The van der Waals surface area contributed by atoms with Gasteiger partial charge in [0.15, 0.2) is 0 Å². The molecule has 0 aromatic rings. The summed E-state index contributed by atoms with van der Waals surface area (Å²) in [6, 6.07) is 0. The first kappa shape index (κ1) is 11.5. The SMILES string of the molecule is COCC(C)(C(=O)O)N1CCC(C)C1. The van der Waals surface area contributed by atoms with Gasteiger partial charge in [-0.1, -0.05) is 6.92 Å². The molecule has 4 nitrogen and oxygen atoms in total. The molecular weight excluding hydrogens is 182 g/mol. The van der Waals surface area contributed by atoms with Gasteiger partial charge in [-0.05, 0) is 25.8 Å². The van der Waals surface area contributed by atoms with Crippen molar-refractivity contribution < 1.29 is 14.6 Å². The number of ether oxygens (including phenoxy) is 1. The molecule has 14 heavy (non-hydrogen) atoms. The van der Waals surface area contributed by atoms with E-state index in [4.69, 9.17) is 4.74 Å². The van der Waals surface area contributed by atoms with Crippen molar-refractivity contribution in [2.45, 2.75) is 25.8 Å². The van der Waals surface area contributed by atoms with Crippen molar-refractivity contribution in [2.24, 2.45) is 5.92 Å². The minimum Gasteiger partial charge on any atom is -0.480 e. The van der Waals surface area contributed by atoms with Crippen LogP contribution in [0.5, 0.6) is 0 Å². The summed E-state index contributed by atoms with van der Waals surface area (Å²) in [6.07, 6.45) is 1.08. The normalized spacial score (nSPS) is 27.5. The summed E-state index contributed by atoms with van der Waals surface area (Å²) in [7, 11) is 1.54. The van der Waals surface area contributed by atoms with Gasteiger partial charge in [0.2, 0.25) is 0 Å². The predicted molar refractivity (Wildman–Crippen MR) is 53.3 cm³/mol. The number of hydrogen-bond acceptors (Lipinski definition) is 3. The summed E-state index contributed by atoms with van der Waals surface area (Å²) >= 11 is 0. The lowest BCUT2D eigenvalue weighted by atomic mass is 10.0. The zero-order valence-corrected chi connectivity index (χ0v) is 9.12. The lowest BCUT2D eigenvalue weighted by Crippen LogP contribution is -2.54. The molecule has 0 aromatic carbocycles. The molecule has 2 unspecified atom stereocenters. The van der Waals surface area contributed by atoms with Crippen molar-refractivity contribution in [3.8, 4) is 0 Å². The molecule has 0 saturated carbocycles. The minimum atomic E-state index is -0.862. The molecule has 1 saturated heterocycles. The summed E-state index contributed by atoms with van der Waals surface area (Å²) in [4.78, 5) is 13.2. The highest BCUT2D eigenvalue weighted by atomic mass is 16.5. The van der Waals surface area contributed by atoms with Gasteiger partial charge in [0.05, 0.1) is 6.61 Å². The van der Waals surface area contributed by atoms with Crippen LogP contribution in [-0.4, -0.2) is 48.3 Å². The molecular formula is C10H19NO3. The monoisotopic (exact) mass is 201 g/mol. The van der Waals surface area contributed by atoms with Crippen LogP contribution in [0, 0.1) is 5.92 Å². The van der Waals surface area contributed by atoms with Crippen LogP contribution in [0.15, 0.2) is 0 Å². The maximum Gasteiger partial charge on any atom is 0.326 e. The second-order valence-corrected chi connectivity index (χ2v) is 4.35. The van der Waals surface area contributed by atoms with Crippen LogP contribution in [0.2, 0.25) is 0 Å². The van der Waals surface area contributed by atoms with Crippen LogP contribution < -0.4 is 0 Å². The van der Waals surface area contributed by atoms with Gasteiger partial charge in [-0.15, -0.1) is 0 Å². The predicted octanol–water partition coefficient (Wildman–Crippen LogP) is 0.818. The van der Waals surface area contributed by atoms with E-state index < -0.39 is 11.5 Å². The minimum absolute atomic E-state index is 0.245. The summed E-state index contributed by atoms with van der Waals surface area (Å²) in [6.45, 7) is 5.83. The zero-order valence-electron chi connectivity index (χ0n) is 9.12. The summed E-state index contributed by atoms with van der Waals surface area (Å²) < 4.78 is 4.99. The summed E-state index contributed by atoms with van der Waals surface area (Å²) in [5, 5.41) is 9.19. The second-order valence-electron chi connectivity index (χ2n) is 4.35. The van der Waals surface area contributed by atoms with Crippen LogP contribution in [-0.2, 0) is 9.53 Å². The molecule has 4 heteroatoms. The molecule has 1 rings (SSSR count). The quantitative estimate of drug-likeness (QED) is 0.731. The molecule has 0 aromatic heterocycles. The summed E-state index contributed by atoms with van der Waals surface area (Å²) in [5.41, 5.74) is -0.862. The first-order chi connectivity index (χ1) is 6.50. The standard InChI is InChI=1S/C10H19NO3/c1-8-4-5-11(6-8)10(2,7-14-3)9(12)13/h8H,4-7H2,1-3H3,(H,12,13). The molecule has 1 aliphatic rings. The van der Waals surface area contributed by atoms with Gasteiger partial charge in [-0.3, -0.25) is 9.69 Å². The van der Waals surface area contributed by atoms with E-state index in [0.29, 0.717) is 5.92 Å². The van der Waals surface area contributed by atoms with E-state index >= 15 is 0 Å². The van der Waals surface area contributed by atoms with Gasteiger partial charge in [0.25, 0.3) is 0 Å². The average molecular weight is 201 g/mol. The Morgan fingerprint density at radius 2 is 2.36 bits per heavy atom. The maximum atomic E-state index is 11.2. The van der Waals surface area contributed by atoms with Crippen molar-refractivity contribution in [3.63, 3.8) is 0 Å². The first-order valence-corrected chi connectivity index (χ1v) is 4.98. The van der Waals surface area contributed by atoms with Gasteiger partial charge in [0.1, 0.15) is 5.54 Å². The Bertz CT molecular complexity index is 219. The number of methoxy groups -OCH3 is 1. The van der Waals surface area contributed by atoms with Crippen molar-refractivity contribution in [1.29, 1.82) is 0 Å². The fraction of sp³-hybridized carbons (Fsp3) is 0.900. The van der Waals surface area contributed by atoms with Crippen molar-refractivity contribution in [2.75, 3.05) is 26.8 Å². The molecule has 1 fully saturated rings. The van der Waals surface area contributed by atoms with E-state index in [1.54, 1.807) is 14.0 Å². The van der Waals surface area contributed by atoms with Crippen LogP contribution in [0.1, 0.15) is 20.3 Å². The van der Waals surface area contributed by atoms with E-state index in [2.05, 4.69) is 6.92 Å². The average Bonchev–Trinajstić information content (AvgIpc) is 2.52. The molecule has 1 N–H and O–H groups in total. The Morgan fingerprint density at radius 3 is 2.71 bits per heavy atom. The molecule has 0 spiro atoms. The topological polar surface area (TPSA) is 49.8 Å². The zero-order chi connectivity index (χ0) is 10.8. The van der Waals surface area contributed by atoms with E-state index in [1.165, 1.54) is 0 Å². The molecule has 0 radical (unpaired) electrons. The number of hydrogen-bond donors (Lipinski definition) is 1. The van der Waals surface area contributed by atoms with E-state index in [-0.39, 0.29) is 6.61 Å². The van der Waals surface area contributed by atoms with Crippen molar-refractivity contribution >= 4 is 5.97 Å². The Balaban J connectivity index is 2.72. The number of carboxylic acids is 1. The van der Waals surface area contributed by atoms with Gasteiger partial charge >= 0.3 is 5.97 Å². The molecule has 82 valence electrons. The van der Waals surface area contributed by atoms with Crippen molar-refractivity contribution in [3.05, 3.63) is 0 Å². The highest BCUT2D eigenvalue weighted by Crippen LogP contribution is 2.25. The third kappa shape index (κ3) is 2.07. The Labute approximate surface area is 84.8 Å². The fourth-order valence-corrected chi connectivity index (χ4v) is 1.95. The molecule has 2 atom stereocenters. The lowest BCUT2D eigenvalue weighted by molar-refractivity contribution is -0.153. The Kier molecular flexibility index (Phi) is 3.50. The third-order valence-electron chi connectivity index (χ3n) is 3.01. The molecule has 1 heterocycles. The highest BCUT2D eigenvalue weighted by Gasteiger charge is 2.42. The molecule has 0 bridgehead atoms. The number of carboxylic acid groups (broad SMARTS) is 1. The molecule has 0 amide bonds. The first-order valence-electron chi connectivity index (χ1n) is 4.98.